The van der Waals surface area contributed by atoms with Gasteiger partial charge in [0.2, 0.25) is 0 Å². The standard InChI is InChI=1S/C31H25N5O3S/c1-39-25-19-17-24(18-20-25)36-28(21-11-5-2-6-12-21)26(29(37)22-13-7-3-8-14-22)27(35-36)30(38)33-34-31(40)32-23-15-9-4-10-16-23/h2-20H,1H3,(H,33,38)(H2,32,34,40). The summed E-state index contributed by atoms with van der Waals surface area (Å²) in [4.78, 5) is 27.6. The SMILES string of the molecule is COc1ccc(-n2nc(C(=O)NNC(=S)Nc3ccccc3)c(C(=O)c3ccccc3)c2-c2ccccc2)cc1. The van der Waals surface area contributed by atoms with Gasteiger partial charge in [-0.15, -0.1) is 0 Å². The number of nitrogens with one attached hydrogen (secondary N) is 3. The van der Waals surface area contributed by atoms with Gasteiger partial charge in [-0.2, -0.15) is 5.10 Å². The second kappa shape index (κ2) is 12.1. The second-order valence-electron chi connectivity index (χ2n) is 8.64. The molecule has 0 bridgehead atoms. The van der Waals surface area contributed by atoms with E-state index in [1.807, 2.05) is 78.9 Å². The van der Waals surface area contributed by atoms with Gasteiger partial charge in [-0.05, 0) is 48.6 Å². The summed E-state index contributed by atoms with van der Waals surface area (Å²) < 4.78 is 6.90. The van der Waals surface area contributed by atoms with Crippen LogP contribution in [0.2, 0.25) is 0 Å². The fourth-order valence-electron chi connectivity index (χ4n) is 4.16. The largest absolute Gasteiger partial charge is 0.497 e. The molecule has 0 fully saturated rings. The van der Waals surface area contributed by atoms with Crippen LogP contribution in [0.3, 0.4) is 0 Å². The minimum Gasteiger partial charge on any atom is -0.497 e. The van der Waals surface area contributed by atoms with Crippen molar-refractivity contribution < 1.29 is 14.3 Å². The normalized spacial score (nSPS) is 10.4. The van der Waals surface area contributed by atoms with Gasteiger partial charge < -0.3 is 10.1 Å². The highest BCUT2D eigenvalue weighted by atomic mass is 32.1. The van der Waals surface area contributed by atoms with Crippen LogP contribution in [0.25, 0.3) is 16.9 Å². The first-order valence-corrected chi connectivity index (χ1v) is 12.8. The first-order chi connectivity index (χ1) is 19.5. The fourth-order valence-corrected chi connectivity index (χ4v) is 4.32. The molecule has 0 aliphatic carbocycles. The number of benzene rings is 4. The zero-order chi connectivity index (χ0) is 27.9. The number of ketones is 1. The Kier molecular flexibility index (Phi) is 7.94. The highest BCUT2D eigenvalue weighted by Gasteiger charge is 2.30. The van der Waals surface area contributed by atoms with Gasteiger partial charge >= 0.3 is 0 Å². The van der Waals surface area contributed by atoms with Crippen molar-refractivity contribution in [3.63, 3.8) is 0 Å². The Hall–Kier alpha value is -5.28. The minimum absolute atomic E-state index is 0.0569. The molecule has 8 nitrogen and oxygen atoms in total. The molecule has 9 heteroatoms. The third kappa shape index (κ3) is 5.74. The van der Waals surface area contributed by atoms with Crippen LogP contribution in [0.4, 0.5) is 5.69 Å². The molecule has 0 unspecified atom stereocenters. The first kappa shape index (κ1) is 26.3. The monoisotopic (exact) mass is 547 g/mol. The maximum absolute atomic E-state index is 14.0. The van der Waals surface area contributed by atoms with Crippen LogP contribution in [0, 0.1) is 0 Å². The van der Waals surface area contributed by atoms with Gasteiger partial charge in [0.15, 0.2) is 16.6 Å². The van der Waals surface area contributed by atoms with Gasteiger partial charge in [0.25, 0.3) is 5.91 Å². The Morgan fingerprint density at radius 3 is 2.00 bits per heavy atom. The number of thiocarbonyl (C=S) groups is 1. The molecule has 1 amide bonds. The van der Waals surface area contributed by atoms with Crippen LogP contribution in [0.15, 0.2) is 115 Å². The maximum Gasteiger partial charge on any atom is 0.290 e. The predicted octanol–water partition coefficient (Wildman–Crippen LogP) is 5.41. The van der Waals surface area contributed by atoms with E-state index in [0.29, 0.717) is 22.7 Å². The van der Waals surface area contributed by atoms with Crippen molar-refractivity contribution >= 4 is 34.7 Å². The summed E-state index contributed by atoms with van der Waals surface area (Å²) in [5, 5.41) is 7.83. The van der Waals surface area contributed by atoms with Crippen LogP contribution in [-0.4, -0.2) is 33.7 Å². The van der Waals surface area contributed by atoms with Gasteiger partial charge in [0.05, 0.1) is 24.1 Å². The molecule has 198 valence electrons. The number of carbonyl (C=O) groups is 2. The van der Waals surface area contributed by atoms with E-state index in [0.717, 1.165) is 11.3 Å². The number of hydrogen-bond donors (Lipinski definition) is 3. The summed E-state index contributed by atoms with van der Waals surface area (Å²) in [6.45, 7) is 0. The Labute approximate surface area is 236 Å². The highest BCUT2D eigenvalue weighted by molar-refractivity contribution is 7.80. The van der Waals surface area contributed by atoms with Crippen LogP contribution >= 0.6 is 12.2 Å². The number of ether oxygens (including phenoxy) is 1. The minimum atomic E-state index is -0.624. The van der Waals surface area contributed by atoms with Gasteiger partial charge in [-0.3, -0.25) is 20.4 Å². The summed E-state index contributed by atoms with van der Waals surface area (Å²) in [7, 11) is 1.58. The van der Waals surface area contributed by atoms with Crippen molar-refractivity contribution in [1.82, 2.24) is 20.6 Å². The lowest BCUT2D eigenvalue weighted by atomic mass is 9.97. The van der Waals surface area contributed by atoms with E-state index in [2.05, 4.69) is 21.3 Å². The molecular weight excluding hydrogens is 522 g/mol. The van der Waals surface area contributed by atoms with E-state index in [1.165, 1.54) is 0 Å². The highest BCUT2D eigenvalue weighted by Crippen LogP contribution is 2.32. The number of hydrazine groups is 1. The topological polar surface area (TPSA) is 97.3 Å². The molecule has 3 N–H and O–H groups in total. The number of carbonyl (C=O) groups excluding carboxylic acids is 2. The fraction of sp³-hybridized carbons (Fsp3) is 0.0323. The number of hydrogen-bond acceptors (Lipinski definition) is 5. The van der Waals surface area contributed by atoms with E-state index in [9.17, 15) is 9.59 Å². The second-order valence-corrected chi connectivity index (χ2v) is 9.05. The van der Waals surface area contributed by atoms with Crippen molar-refractivity contribution in [2.75, 3.05) is 12.4 Å². The summed E-state index contributed by atoms with van der Waals surface area (Å²) in [5.41, 5.74) is 8.43. The summed E-state index contributed by atoms with van der Waals surface area (Å²) in [6, 6.07) is 34.7. The summed E-state index contributed by atoms with van der Waals surface area (Å²) in [6.07, 6.45) is 0. The quantitative estimate of drug-likeness (QED) is 0.142. The molecule has 0 atom stereocenters. The molecule has 5 aromatic rings. The Bertz CT molecular complexity index is 1640. The molecule has 0 radical (unpaired) electrons. The smallest absolute Gasteiger partial charge is 0.290 e. The summed E-state index contributed by atoms with van der Waals surface area (Å²) in [5.74, 6) is -0.297. The first-order valence-electron chi connectivity index (χ1n) is 12.4. The molecule has 0 aliphatic heterocycles. The van der Waals surface area contributed by atoms with E-state index >= 15 is 0 Å². The third-order valence-electron chi connectivity index (χ3n) is 6.05. The van der Waals surface area contributed by atoms with Crippen LogP contribution in [0.1, 0.15) is 26.4 Å². The van der Waals surface area contributed by atoms with Crippen LogP contribution in [0.5, 0.6) is 5.75 Å². The molecule has 1 heterocycles. The number of para-hydroxylation sites is 1. The molecule has 4 aromatic carbocycles. The van der Waals surface area contributed by atoms with E-state index < -0.39 is 5.91 Å². The van der Waals surface area contributed by atoms with Crippen LogP contribution < -0.4 is 20.9 Å². The van der Waals surface area contributed by atoms with Gasteiger partial charge in [-0.1, -0.05) is 78.9 Å². The molecule has 0 saturated heterocycles. The van der Waals surface area contributed by atoms with E-state index in [-0.39, 0.29) is 22.2 Å². The van der Waals surface area contributed by atoms with E-state index in [1.54, 1.807) is 48.2 Å². The van der Waals surface area contributed by atoms with Crippen molar-refractivity contribution in [3.8, 4) is 22.7 Å². The number of aromatic nitrogens is 2. The van der Waals surface area contributed by atoms with Gasteiger partial charge in [0, 0.05) is 16.8 Å². The number of nitrogens with zero attached hydrogens (tertiary/aromatic N) is 2. The summed E-state index contributed by atoms with van der Waals surface area (Å²) >= 11 is 5.33. The zero-order valence-corrected chi connectivity index (χ0v) is 22.3. The number of rotatable bonds is 7. The molecular formula is C31H25N5O3S. The number of amides is 1. The molecule has 40 heavy (non-hydrogen) atoms. The van der Waals surface area contributed by atoms with Crippen molar-refractivity contribution in [2.45, 2.75) is 0 Å². The lowest BCUT2D eigenvalue weighted by Crippen LogP contribution is -2.44. The van der Waals surface area contributed by atoms with Crippen molar-refractivity contribution in [3.05, 3.63) is 132 Å². The maximum atomic E-state index is 14.0. The van der Waals surface area contributed by atoms with E-state index in [4.69, 9.17) is 17.0 Å². The molecule has 0 saturated carbocycles. The predicted molar refractivity (Wildman–Crippen MR) is 159 cm³/mol. The Morgan fingerprint density at radius 2 is 1.38 bits per heavy atom. The molecule has 1 aromatic heterocycles. The number of anilines is 1. The number of methoxy groups -OCH3 is 1. The van der Waals surface area contributed by atoms with Crippen LogP contribution in [-0.2, 0) is 0 Å². The average Bonchev–Trinajstić information content (AvgIpc) is 3.42. The van der Waals surface area contributed by atoms with Gasteiger partial charge in [0.1, 0.15) is 5.75 Å². The van der Waals surface area contributed by atoms with Crippen molar-refractivity contribution in [1.29, 1.82) is 0 Å². The zero-order valence-electron chi connectivity index (χ0n) is 21.5. The Balaban J connectivity index is 1.59. The Morgan fingerprint density at radius 1 is 0.775 bits per heavy atom. The lowest BCUT2D eigenvalue weighted by molar-refractivity contribution is 0.0929. The molecule has 5 rings (SSSR count). The molecule has 0 aliphatic rings. The lowest BCUT2D eigenvalue weighted by Gasteiger charge is -2.12. The van der Waals surface area contributed by atoms with Crippen molar-refractivity contribution in [2.24, 2.45) is 0 Å². The molecule has 0 spiro atoms. The van der Waals surface area contributed by atoms with Gasteiger partial charge in [-0.25, -0.2) is 4.68 Å². The third-order valence-corrected chi connectivity index (χ3v) is 6.25. The average molecular weight is 548 g/mol.